The Morgan fingerprint density at radius 1 is 0.333 bits per heavy atom. The number of benzene rings is 8. The maximum atomic E-state index is 6.51. The summed E-state index contributed by atoms with van der Waals surface area (Å²) in [5, 5.41) is 6.62. The Labute approximate surface area is 325 Å². The molecule has 0 amide bonds. The van der Waals surface area contributed by atoms with Gasteiger partial charge >= 0.3 is 0 Å². The van der Waals surface area contributed by atoms with Gasteiger partial charge in [-0.25, -0.2) is 15.0 Å². The summed E-state index contributed by atoms with van der Waals surface area (Å²) in [5.74, 6) is 1.85. The van der Waals surface area contributed by atoms with Crippen LogP contribution in [0.1, 0.15) is 0 Å². The van der Waals surface area contributed by atoms with Gasteiger partial charge in [0.05, 0.1) is 11.0 Å². The van der Waals surface area contributed by atoms with Crippen LogP contribution in [-0.4, -0.2) is 19.5 Å². The molecule has 0 spiro atoms. The van der Waals surface area contributed by atoms with Crippen molar-refractivity contribution in [3.8, 4) is 51.0 Å². The van der Waals surface area contributed by atoms with E-state index < -0.39 is 0 Å². The molecular weight excluding hydrogens is 701 g/mol. The van der Waals surface area contributed by atoms with Crippen molar-refractivity contribution in [1.29, 1.82) is 0 Å². The van der Waals surface area contributed by atoms with E-state index in [4.69, 9.17) is 23.8 Å². The molecule has 0 atom stereocenters. The summed E-state index contributed by atoms with van der Waals surface area (Å²) >= 11 is 0. The van der Waals surface area contributed by atoms with Crippen LogP contribution in [0.2, 0.25) is 0 Å². The molecule has 0 N–H and O–H groups in total. The molecule has 12 aromatic rings. The van der Waals surface area contributed by atoms with Crippen LogP contribution in [0.15, 0.2) is 191 Å². The molecule has 0 saturated heterocycles. The average Bonchev–Trinajstić information content (AvgIpc) is 3.95. The van der Waals surface area contributed by atoms with E-state index in [1.54, 1.807) is 0 Å². The summed E-state index contributed by atoms with van der Waals surface area (Å²) in [6.45, 7) is 0. The van der Waals surface area contributed by atoms with Crippen molar-refractivity contribution in [1.82, 2.24) is 19.5 Å². The zero-order valence-electron chi connectivity index (χ0n) is 30.4. The minimum Gasteiger partial charge on any atom is -0.456 e. The van der Waals surface area contributed by atoms with Crippen molar-refractivity contribution in [3.63, 3.8) is 0 Å². The molecule has 0 unspecified atom stereocenters. The lowest BCUT2D eigenvalue weighted by molar-refractivity contribution is 0.669. The standard InChI is InChI=1S/C51H30N4O2/c1-3-12-31(13-4-1)49-52-50(32-14-5-2-6-15-32)54-51(53-49)34-23-26-45-40(29-34)39-28-33(22-25-44(39)56-45)36-18-11-21-47-48(36)41-30-35(24-27-46(41)57-47)55-42-19-9-7-16-37(42)38-17-8-10-20-43(38)55/h1-30H. The van der Waals surface area contributed by atoms with Gasteiger partial charge in [-0.2, -0.15) is 0 Å². The van der Waals surface area contributed by atoms with E-state index in [-0.39, 0.29) is 0 Å². The van der Waals surface area contributed by atoms with Gasteiger partial charge in [0.1, 0.15) is 22.3 Å². The molecule has 6 heteroatoms. The second kappa shape index (κ2) is 12.3. The molecule has 12 rings (SSSR count). The third-order valence-electron chi connectivity index (χ3n) is 11.1. The van der Waals surface area contributed by atoms with Crippen LogP contribution in [-0.2, 0) is 0 Å². The highest BCUT2D eigenvalue weighted by molar-refractivity contribution is 6.15. The Morgan fingerprint density at radius 3 is 1.49 bits per heavy atom. The van der Waals surface area contributed by atoms with Crippen molar-refractivity contribution >= 4 is 65.7 Å². The van der Waals surface area contributed by atoms with E-state index in [1.807, 2.05) is 72.8 Å². The molecule has 266 valence electrons. The Bertz CT molecular complexity index is 3410. The predicted molar refractivity (Wildman–Crippen MR) is 230 cm³/mol. The number of aromatic nitrogens is 4. The normalized spacial score (nSPS) is 11.9. The highest BCUT2D eigenvalue weighted by atomic mass is 16.3. The molecule has 4 heterocycles. The Kier molecular flexibility index (Phi) is 6.83. The summed E-state index contributed by atoms with van der Waals surface area (Å²) in [4.78, 5) is 14.9. The molecule has 57 heavy (non-hydrogen) atoms. The fourth-order valence-corrected chi connectivity index (χ4v) is 8.42. The van der Waals surface area contributed by atoms with Crippen molar-refractivity contribution in [2.75, 3.05) is 0 Å². The highest BCUT2D eigenvalue weighted by Crippen LogP contribution is 2.41. The maximum absolute atomic E-state index is 6.51. The molecule has 0 aliphatic carbocycles. The highest BCUT2D eigenvalue weighted by Gasteiger charge is 2.19. The fraction of sp³-hybridized carbons (Fsp3) is 0. The molecule has 0 bridgehead atoms. The van der Waals surface area contributed by atoms with E-state index in [9.17, 15) is 0 Å². The van der Waals surface area contributed by atoms with Crippen LogP contribution in [0.25, 0.3) is 117 Å². The summed E-state index contributed by atoms with van der Waals surface area (Å²) in [7, 11) is 0. The maximum Gasteiger partial charge on any atom is 0.164 e. The van der Waals surface area contributed by atoms with E-state index >= 15 is 0 Å². The monoisotopic (exact) mass is 730 g/mol. The summed E-state index contributed by atoms with van der Waals surface area (Å²) in [5.41, 5.74) is 11.7. The Hall–Kier alpha value is -7.83. The lowest BCUT2D eigenvalue weighted by Gasteiger charge is -2.09. The molecule has 0 radical (unpaired) electrons. The van der Waals surface area contributed by atoms with Crippen LogP contribution in [0, 0.1) is 0 Å². The minimum absolute atomic E-state index is 0.601. The Morgan fingerprint density at radius 2 is 0.842 bits per heavy atom. The van der Waals surface area contributed by atoms with Crippen LogP contribution >= 0.6 is 0 Å². The smallest absolute Gasteiger partial charge is 0.164 e. The summed E-state index contributed by atoms with van der Waals surface area (Å²) in [6.07, 6.45) is 0. The first-order valence-electron chi connectivity index (χ1n) is 19.0. The minimum atomic E-state index is 0.601. The first-order valence-corrected chi connectivity index (χ1v) is 19.0. The second-order valence-electron chi connectivity index (χ2n) is 14.4. The zero-order chi connectivity index (χ0) is 37.5. The number of furan rings is 2. The molecule has 4 aromatic heterocycles. The van der Waals surface area contributed by atoms with E-state index in [2.05, 4.69) is 114 Å². The van der Waals surface area contributed by atoms with Crippen LogP contribution in [0.4, 0.5) is 0 Å². The SMILES string of the molecule is c1ccc(-c2nc(-c3ccccc3)nc(-c3ccc4oc5ccc(-c6cccc7oc8ccc(-n9c%10ccccc%10c%10ccccc%109)cc8c67)cc5c4c3)n2)cc1. The molecule has 0 saturated carbocycles. The van der Waals surface area contributed by atoms with E-state index in [0.29, 0.717) is 17.5 Å². The van der Waals surface area contributed by atoms with Crippen molar-refractivity contribution in [2.45, 2.75) is 0 Å². The fourth-order valence-electron chi connectivity index (χ4n) is 8.42. The largest absolute Gasteiger partial charge is 0.456 e. The Balaban J connectivity index is 1.02. The van der Waals surface area contributed by atoms with Gasteiger partial charge < -0.3 is 13.4 Å². The number of hydrogen-bond donors (Lipinski definition) is 0. The van der Waals surface area contributed by atoms with Gasteiger partial charge in [0.2, 0.25) is 0 Å². The van der Waals surface area contributed by atoms with Gasteiger partial charge in [0.15, 0.2) is 17.5 Å². The zero-order valence-corrected chi connectivity index (χ0v) is 30.4. The van der Waals surface area contributed by atoms with Gasteiger partial charge in [0.25, 0.3) is 0 Å². The van der Waals surface area contributed by atoms with Gasteiger partial charge in [-0.1, -0.05) is 115 Å². The van der Waals surface area contributed by atoms with E-state index in [0.717, 1.165) is 77.4 Å². The van der Waals surface area contributed by atoms with Gasteiger partial charge in [0, 0.05) is 54.7 Å². The number of fused-ring (bicyclic) bond motifs is 9. The average molecular weight is 731 g/mol. The number of hydrogen-bond acceptors (Lipinski definition) is 5. The van der Waals surface area contributed by atoms with Crippen molar-refractivity contribution in [3.05, 3.63) is 182 Å². The topological polar surface area (TPSA) is 69.9 Å². The predicted octanol–water partition coefficient (Wildman–Crippen LogP) is 13.4. The number of rotatable bonds is 5. The summed E-state index contributed by atoms with van der Waals surface area (Å²) < 4.78 is 15.3. The third-order valence-corrected chi connectivity index (χ3v) is 11.1. The second-order valence-corrected chi connectivity index (χ2v) is 14.4. The van der Waals surface area contributed by atoms with Gasteiger partial charge in [-0.05, 0) is 77.9 Å². The number of para-hydroxylation sites is 2. The molecule has 0 fully saturated rings. The lowest BCUT2D eigenvalue weighted by Crippen LogP contribution is -2.00. The van der Waals surface area contributed by atoms with Crippen LogP contribution in [0.3, 0.4) is 0 Å². The molecule has 6 nitrogen and oxygen atoms in total. The quantitative estimate of drug-likeness (QED) is 0.176. The first-order chi connectivity index (χ1) is 28.2. The lowest BCUT2D eigenvalue weighted by atomic mass is 9.97. The molecule has 0 aliphatic heterocycles. The van der Waals surface area contributed by atoms with E-state index in [1.165, 1.54) is 21.8 Å². The molecular formula is C51H30N4O2. The third kappa shape index (κ3) is 5.01. The first kappa shape index (κ1) is 31.5. The van der Waals surface area contributed by atoms with Crippen molar-refractivity contribution < 1.29 is 8.83 Å². The molecule has 0 aliphatic rings. The number of nitrogens with zero attached hydrogens (tertiary/aromatic N) is 4. The van der Waals surface area contributed by atoms with Crippen molar-refractivity contribution in [2.24, 2.45) is 0 Å². The molecule has 8 aromatic carbocycles. The summed E-state index contributed by atoms with van der Waals surface area (Å²) in [6, 6.07) is 62.7. The van der Waals surface area contributed by atoms with Gasteiger partial charge in [-0.3, -0.25) is 0 Å². The van der Waals surface area contributed by atoms with Crippen LogP contribution in [0.5, 0.6) is 0 Å². The van der Waals surface area contributed by atoms with Gasteiger partial charge in [-0.15, -0.1) is 0 Å². The van der Waals surface area contributed by atoms with Crippen LogP contribution < -0.4 is 0 Å².